The number of methoxy groups -OCH3 is 1. The van der Waals surface area contributed by atoms with E-state index in [1.807, 2.05) is 18.2 Å². The van der Waals surface area contributed by atoms with E-state index in [1.165, 1.54) is 11.1 Å². The summed E-state index contributed by atoms with van der Waals surface area (Å²) < 4.78 is 5.54. The highest BCUT2D eigenvalue weighted by Gasteiger charge is 2.19. The molecule has 3 aromatic rings. The van der Waals surface area contributed by atoms with Gasteiger partial charge in [0.1, 0.15) is 5.75 Å². The number of nitrogens with two attached hydrogens (primary N) is 1. The van der Waals surface area contributed by atoms with Crippen LogP contribution in [0.5, 0.6) is 5.75 Å². The zero-order valence-corrected chi connectivity index (χ0v) is 12.2. The smallest absolute Gasteiger partial charge is 0.128 e. The van der Waals surface area contributed by atoms with Crippen molar-refractivity contribution in [1.82, 2.24) is 4.98 Å². The minimum atomic E-state index is 0.279. The molecule has 0 aliphatic carbocycles. The molecule has 1 aromatic heterocycles. The molecule has 0 aliphatic heterocycles. The number of rotatable bonds is 5. The average molecular weight is 280 g/mol. The number of fused-ring (bicyclic) bond motifs is 1. The van der Waals surface area contributed by atoms with Crippen molar-refractivity contribution in [1.29, 1.82) is 0 Å². The summed E-state index contributed by atoms with van der Waals surface area (Å²) in [5, 5.41) is 1.15. The third-order valence-electron chi connectivity index (χ3n) is 3.95. The third-order valence-corrected chi connectivity index (χ3v) is 3.95. The van der Waals surface area contributed by atoms with Crippen LogP contribution in [-0.4, -0.2) is 18.6 Å². The molecule has 1 heterocycles. The van der Waals surface area contributed by atoms with Gasteiger partial charge in [0.25, 0.3) is 0 Å². The molecule has 0 radical (unpaired) electrons. The van der Waals surface area contributed by atoms with Gasteiger partial charge in [-0.25, -0.2) is 0 Å². The fourth-order valence-corrected chi connectivity index (χ4v) is 2.98. The molecule has 21 heavy (non-hydrogen) atoms. The van der Waals surface area contributed by atoms with E-state index in [1.54, 1.807) is 7.11 Å². The minimum Gasteiger partial charge on any atom is -0.496 e. The Morgan fingerprint density at radius 2 is 1.90 bits per heavy atom. The van der Waals surface area contributed by atoms with Crippen LogP contribution < -0.4 is 10.5 Å². The Labute approximate surface area is 124 Å². The molecule has 0 amide bonds. The summed E-state index contributed by atoms with van der Waals surface area (Å²) in [7, 11) is 1.71. The van der Waals surface area contributed by atoms with E-state index < -0.39 is 0 Å². The summed E-state index contributed by atoms with van der Waals surface area (Å²) in [4.78, 5) is 3.35. The van der Waals surface area contributed by atoms with E-state index >= 15 is 0 Å². The van der Waals surface area contributed by atoms with Gasteiger partial charge in [-0.15, -0.1) is 0 Å². The normalized spacial score (nSPS) is 12.5. The van der Waals surface area contributed by atoms with Gasteiger partial charge in [0, 0.05) is 23.0 Å². The van der Waals surface area contributed by atoms with Crippen LogP contribution in [0.15, 0.2) is 54.7 Å². The Hall–Kier alpha value is -2.26. The van der Waals surface area contributed by atoms with E-state index in [-0.39, 0.29) is 5.92 Å². The second-order valence-electron chi connectivity index (χ2n) is 5.17. The van der Waals surface area contributed by atoms with E-state index in [2.05, 4.69) is 41.5 Å². The van der Waals surface area contributed by atoms with Crippen molar-refractivity contribution in [3.8, 4) is 5.75 Å². The number of aromatic nitrogens is 1. The zero-order chi connectivity index (χ0) is 14.7. The van der Waals surface area contributed by atoms with Crippen molar-refractivity contribution in [2.24, 2.45) is 5.73 Å². The summed E-state index contributed by atoms with van der Waals surface area (Å²) in [6, 6.07) is 16.6. The Morgan fingerprint density at radius 3 is 2.62 bits per heavy atom. The summed E-state index contributed by atoms with van der Waals surface area (Å²) in [5.74, 6) is 1.18. The minimum absolute atomic E-state index is 0.279. The first kappa shape index (κ1) is 13.7. The van der Waals surface area contributed by atoms with Crippen LogP contribution in [-0.2, 0) is 0 Å². The van der Waals surface area contributed by atoms with E-state index in [9.17, 15) is 0 Å². The van der Waals surface area contributed by atoms with Crippen molar-refractivity contribution >= 4 is 10.9 Å². The Kier molecular flexibility index (Phi) is 3.93. The maximum atomic E-state index is 5.85. The summed E-state index contributed by atoms with van der Waals surface area (Å²) in [6.45, 7) is 0.654. The molecule has 3 heteroatoms. The van der Waals surface area contributed by atoms with Crippen LogP contribution in [0.1, 0.15) is 23.5 Å². The van der Waals surface area contributed by atoms with Crippen LogP contribution in [0, 0.1) is 0 Å². The Balaban J connectivity index is 2.16. The highest BCUT2D eigenvalue weighted by Crippen LogP contribution is 2.37. The van der Waals surface area contributed by atoms with Crippen molar-refractivity contribution in [2.75, 3.05) is 13.7 Å². The SMILES string of the molecule is COc1cccc2[nH]cc([C@@H](CCN)c3ccccc3)c12. The number of ether oxygens (including phenoxy) is 1. The molecule has 0 saturated carbocycles. The lowest BCUT2D eigenvalue weighted by molar-refractivity contribution is 0.419. The van der Waals surface area contributed by atoms with Crippen molar-refractivity contribution < 1.29 is 4.74 Å². The average Bonchev–Trinajstić information content (AvgIpc) is 2.97. The number of benzene rings is 2. The number of nitrogens with one attached hydrogen (secondary N) is 1. The lowest BCUT2D eigenvalue weighted by atomic mass is 9.88. The van der Waals surface area contributed by atoms with E-state index in [4.69, 9.17) is 10.5 Å². The van der Waals surface area contributed by atoms with Crippen LogP contribution in [0.2, 0.25) is 0 Å². The number of hydrogen-bond acceptors (Lipinski definition) is 2. The molecule has 2 aromatic carbocycles. The second-order valence-corrected chi connectivity index (χ2v) is 5.17. The Bertz CT molecular complexity index is 718. The molecule has 3 rings (SSSR count). The van der Waals surface area contributed by atoms with Crippen molar-refractivity contribution in [2.45, 2.75) is 12.3 Å². The third kappa shape index (κ3) is 2.52. The number of H-pyrrole nitrogens is 1. The quantitative estimate of drug-likeness (QED) is 0.749. The lowest BCUT2D eigenvalue weighted by Gasteiger charge is -2.17. The summed E-state index contributed by atoms with van der Waals surface area (Å²) in [6.07, 6.45) is 3.00. The summed E-state index contributed by atoms with van der Waals surface area (Å²) in [5.41, 5.74) is 9.48. The predicted octanol–water partition coefficient (Wildman–Crippen LogP) is 3.66. The van der Waals surface area contributed by atoms with Crippen LogP contribution >= 0.6 is 0 Å². The molecule has 0 unspecified atom stereocenters. The van der Waals surface area contributed by atoms with Crippen LogP contribution in [0.4, 0.5) is 0 Å². The molecule has 108 valence electrons. The topological polar surface area (TPSA) is 51.0 Å². The van der Waals surface area contributed by atoms with Crippen molar-refractivity contribution in [3.63, 3.8) is 0 Å². The molecular weight excluding hydrogens is 260 g/mol. The second kappa shape index (κ2) is 6.02. The van der Waals surface area contributed by atoms with Crippen LogP contribution in [0.3, 0.4) is 0 Å². The molecule has 0 spiro atoms. The molecular formula is C18H20N2O. The molecule has 0 fully saturated rings. The highest BCUT2D eigenvalue weighted by atomic mass is 16.5. The van der Waals surface area contributed by atoms with Gasteiger partial charge in [-0.2, -0.15) is 0 Å². The zero-order valence-electron chi connectivity index (χ0n) is 12.2. The first-order valence-electron chi connectivity index (χ1n) is 7.24. The van der Waals surface area contributed by atoms with Gasteiger partial charge in [-0.1, -0.05) is 36.4 Å². The first-order valence-corrected chi connectivity index (χ1v) is 7.24. The van der Waals surface area contributed by atoms with Gasteiger partial charge < -0.3 is 15.5 Å². The highest BCUT2D eigenvalue weighted by molar-refractivity contribution is 5.90. The van der Waals surface area contributed by atoms with E-state index in [0.29, 0.717) is 6.54 Å². The van der Waals surface area contributed by atoms with E-state index in [0.717, 1.165) is 23.1 Å². The first-order chi connectivity index (χ1) is 10.3. The number of hydrogen-bond donors (Lipinski definition) is 2. The molecule has 0 bridgehead atoms. The fourth-order valence-electron chi connectivity index (χ4n) is 2.98. The standard InChI is InChI=1S/C18H20N2O/c1-21-17-9-5-8-16-18(17)15(12-20-16)14(10-11-19)13-6-3-2-4-7-13/h2-9,12,14,20H,10-11,19H2,1H3/t14-/m0/s1. The van der Waals surface area contributed by atoms with Crippen LogP contribution in [0.25, 0.3) is 10.9 Å². The fraction of sp³-hybridized carbons (Fsp3) is 0.222. The summed E-state index contributed by atoms with van der Waals surface area (Å²) >= 11 is 0. The molecule has 0 aliphatic rings. The predicted molar refractivity (Wildman–Crippen MR) is 86.8 cm³/mol. The maximum Gasteiger partial charge on any atom is 0.128 e. The molecule has 3 nitrogen and oxygen atoms in total. The van der Waals surface area contributed by atoms with Gasteiger partial charge in [-0.3, -0.25) is 0 Å². The molecule has 3 N–H and O–H groups in total. The lowest BCUT2D eigenvalue weighted by Crippen LogP contribution is -2.08. The maximum absolute atomic E-state index is 5.85. The molecule has 1 atom stereocenters. The van der Waals surface area contributed by atoms with Gasteiger partial charge in [0.05, 0.1) is 7.11 Å². The van der Waals surface area contributed by atoms with Gasteiger partial charge in [0.2, 0.25) is 0 Å². The number of aromatic amines is 1. The monoisotopic (exact) mass is 280 g/mol. The van der Waals surface area contributed by atoms with Gasteiger partial charge >= 0.3 is 0 Å². The van der Waals surface area contributed by atoms with Gasteiger partial charge in [-0.05, 0) is 36.2 Å². The largest absolute Gasteiger partial charge is 0.496 e. The Morgan fingerprint density at radius 1 is 1.10 bits per heavy atom. The molecule has 0 saturated heterocycles. The van der Waals surface area contributed by atoms with Crippen molar-refractivity contribution in [3.05, 3.63) is 65.9 Å². The van der Waals surface area contributed by atoms with Gasteiger partial charge in [0.15, 0.2) is 0 Å².